The predicted octanol–water partition coefficient (Wildman–Crippen LogP) is 8.43. The molecular weight excluding hydrogens is 567 g/mol. The standard InChI is InChI=1S/C36H36F3NO4/c1-40(22-7-10-25-8-3-2-4-9-25)21-5-6-23-43-30-18-13-27(14-19-30)35-33(26-11-15-28(41)16-12-26)34(36(37,38)39)31-20-17-29(42)24-32(31)44-35/h2-4,8-9,11-20,24,35,41-42H,5-7,10,21-23H2,1H3. The molecule has 0 saturated carbocycles. The first-order valence-corrected chi connectivity index (χ1v) is 14.7. The van der Waals surface area contributed by atoms with Crippen molar-refractivity contribution in [3.05, 3.63) is 119 Å². The summed E-state index contributed by atoms with van der Waals surface area (Å²) in [7, 11) is 2.13. The molecule has 0 aliphatic carbocycles. The largest absolute Gasteiger partial charge is 0.508 e. The van der Waals surface area contributed by atoms with Crippen LogP contribution >= 0.6 is 0 Å². The molecule has 0 bridgehead atoms. The molecule has 0 amide bonds. The number of nitrogens with zero attached hydrogens (tertiary/aromatic N) is 1. The summed E-state index contributed by atoms with van der Waals surface area (Å²) in [5.74, 6) is 0.303. The molecule has 8 heteroatoms. The highest BCUT2D eigenvalue weighted by atomic mass is 19.4. The zero-order valence-corrected chi connectivity index (χ0v) is 24.6. The minimum absolute atomic E-state index is 0.0577. The Bertz CT molecular complexity index is 1550. The lowest BCUT2D eigenvalue weighted by Crippen LogP contribution is -2.23. The van der Waals surface area contributed by atoms with Crippen LogP contribution < -0.4 is 9.47 Å². The highest BCUT2D eigenvalue weighted by Crippen LogP contribution is 2.53. The van der Waals surface area contributed by atoms with Crippen molar-refractivity contribution in [2.75, 3.05) is 26.7 Å². The van der Waals surface area contributed by atoms with Gasteiger partial charge in [0.2, 0.25) is 0 Å². The quantitative estimate of drug-likeness (QED) is 0.159. The molecule has 5 nitrogen and oxygen atoms in total. The van der Waals surface area contributed by atoms with Crippen molar-refractivity contribution < 1.29 is 32.9 Å². The second-order valence-corrected chi connectivity index (χ2v) is 11.0. The number of rotatable bonds is 12. The molecule has 2 N–H and O–H groups in total. The van der Waals surface area contributed by atoms with E-state index < -0.39 is 17.9 Å². The Balaban J connectivity index is 1.23. The third-order valence-corrected chi connectivity index (χ3v) is 7.71. The Hall–Kier alpha value is -4.43. The number of unbranched alkanes of at least 4 members (excludes halogenated alkanes) is 1. The van der Waals surface area contributed by atoms with Crippen LogP contribution in [0.1, 0.15) is 47.6 Å². The van der Waals surface area contributed by atoms with Crippen LogP contribution in [0.4, 0.5) is 13.2 Å². The fourth-order valence-electron chi connectivity index (χ4n) is 5.48. The molecule has 4 aromatic carbocycles. The van der Waals surface area contributed by atoms with Gasteiger partial charge in [0.1, 0.15) is 23.0 Å². The number of aromatic hydroxyl groups is 2. The Labute approximate surface area is 255 Å². The highest BCUT2D eigenvalue weighted by molar-refractivity contribution is 5.98. The van der Waals surface area contributed by atoms with Gasteiger partial charge in [-0.15, -0.1) is 0 Å². The topological polar surface area (TPSA) is 62.2 Å². The van der Waals surface area contributed by atoms with Crippen molar-refractivity contribution in [3.8, 4) is 23.0 Å². The summed E-state index contributed by atoms with van der Waals surface area (Å²) in [6.07, 6.45) is -1.79. The number of hydrogen-bond donors (Lipinski definition) is 2. The second kappa shape index (κ2) is 13.9. The van der Waals surface area contributed by atoms with Crippen LogP contribution in [0, 0.1) is 0 Å². The Morgan fingerprint density at radius 3 is 2.18 bits per heavy atom. The molecule has 4 aromatic rings. The number of halogens is 3. The molecule has 1 aliphatic rings. The number of fused-ring (bicyclic) bond motifs is 1. The molecule has 1 atom stereocenters. The van der Waals surface area contributed by atoms with Crippen molar-refractivity contribution in [1.29, 1.82) is 0 Å². The van der Waals surface area contributed by atoms with Gasteiger partial charge < -0.3 is 24.6 Å². The number of allylic oxidation sites excluding steroid dienone is 1. The van der Waals surface area contributed by atoms with Gasteiger partial charge >= 0.3 is 6.18 Å². The number of phenolic OH excluding ortho intramolecular Hbond substituents is 2. The van der Waals surface area contributed by atoms with E-state index in [9.17, 15) is 23.4 Å². The van der Waals surface area contributed by atoms with Crippen LogP contribution in [0.15, 0.2) is 97.1 Å². The molecule has 1 unspecified atom stereocenters. The van der Waals surface area contributed by atoms with Gasteiger partial charge in [-0.25, -0.2) is 0 Å². The Morgan fingerprint density at radius 1 is 0.795 bits per heavy atom. The van der Waals surface area contributed by atoms with E-state index in [1.54, 1.807) is 24.3 Å². The van der Waals surface area contributed by atoms with E-state index >= 15 is 0 Å². The van der Waals surface area contributed by atoms with Crippen LogP contribution in [0.5, 0.6) is 23.0 Å². The maximum absolute atomic E-state index is 14.6. The van der Waals surface area contributed by atoms with Crippen LogP contribution in [0.3, 0.4) is 0 Å². The van der Waals surface area contributed by atoms with Gasteiger partial charge in [0.05, 0.1) is 12.2 Å². The van der Waals surface area contributed by atoms with Crippen molar-refractivity contribution in [2.45, 2.75) is 38.0 Å². The normalized spacial score (nSPS) is 14.8. The van der Waals surface area contributed by atoms with Crippen LogP contribution in [0.2, 0.25) is 0 Å². The average molecular weight is 604 g/mol. The van der Waals surface area contributed by atoms with Crippen molar-refractivity contribution in [2.24, 2.45) is 0 Å². The van der Waals surface area contributed by atoms with Gasteiger partial charge in [0.15, 0.2) is 6.10 Å². The van der Waals surface area contributed by atoms with E-state index in [4.69, 9.17) is 9.47 Å². The van der Waals surface area contributed by atoms with Crippen LogP contribution in [-0.4, -0.2) is 48.0 Å². The van der Waals surface area contributed by atoms with Gasteiger partial charge in [-0.2, -0.15) is 13.2 Å². The summed E-state index contributed by atoms with van der Waals surface area (Å²) in [4.78, 5) is 2.33. The lowest BCUT2D eigenvalue weighted by atomic mass is 9.85. The lowest BCUT2D eigenvalue weighted by molar-refractivity contribution is -0.0695. The second-order valence-electron chi connectivity index (χ2n) is 11.0. The highest BCUT2D eigenvalue weighted by Gasteiger charge is 2.44. The summed E-state index contributed by atoms with van der Waals surface area (Å²) in [5.41, 5.74) is 1.04. The first kappa shape index (κ1) is 31.0. The molecule has 0 aromatic heterocycles. The fraction of sp³-hybridized carbons (Fsp3) is 0.278. The summed E-state index contributed by atoms with van der Waals surface area (Å²) in [6.45, 7) is 2.53. The van der Waals surface area contributed by atoms with E-state index in [0.717, 1.165) is 38.8 Å². The molecule has 0 fully saturated rings. The van der Waals surface area contributed by atoms with Crippen LogP contribution in [0.25, 0.3) is 11.1 Å². The minimum Gasteiger partial charge on any atom is -0.508 e. The van der Waals surface area contributed by atoms with E-state index in [1.165, 1.54) is 48.0 Å². The summed E-state index contributed by atoms with van der Waals surface area (Å²) in [5, 5.41) is 19.8. The Morgan fingerprint density at radius 2 is 1.48 bits per heavy atom. The molecule has 1 aliphatic heterocycles. The van der Waals surface area contributed by atoms with E-state index in [0.29, 0.717) is 17.9 Å². The maximum atomic E-state index is 14.6. The first-order chi connectivity index (χ1) is 21.2. The minimum atomic E-state index is -4.71. The molecular formula is C36H36F3NO4. The molecule has 0 radical (unpaired) electrons. The van der Waals surface area contributed by atoms with Crippen molar-refractivity contribution in [3.63, 3.8) is 0 Å². The van der Waals surface area contributed by atoms with Crippen molar-refractivity contribution >= 4 is 11.1 Å². The SMILES string of the molecule is CN(CCCCOc1ccc(C2Oc3cc(O)ccc3C(C(F)(F)F)=C2c2ccc(O)cc2)cc1)CCCc1ccccc1. The Kier molecular flexibility index (Phi) is 9.80. The number of alkyl halides is 3. The fourth-order valence-corrected chi connectivity index (χ4v) is 5.48. The number of phenols is 2. The maximum Gasteiger partial charge on any atom is 0.417 e. The summed E-state index contributed by atoms with van der Waals surface area (Å²) < 4.78 is 55.9. The van der Waals surface area contributed by atoms with E-state index in [2.05, 4.69) is 36.2 Å². The molecule has 5 rings (SSSR count). The van der Waals surface area contributed by atoms with Gasteiger partial charge in [0, 0.05) is 17.2 Å². The summed E-state index contributed by atoms with van der Waals surface area (Å²) >= 11 is 0. The van der Waals surface area contributed by atoms with E-state index in [1.807, 2.05) is 6.07 Å². The zero-order valence-electron chi connectivity index (χ0n) is 24.6. The molecule has 230 valence electrons. The first-order valence-electron chi connectivity index (χ1n) is 14.7. The van der Waals surface area contributed by atoms with E-state index in [-0.39, 0.29) is 33.9 Å². The molecule has 0 saturated heterocycles. The zero-order chi connectivity index (χ0) is 31.1. The van der Waals surface area contributed by atoms with Crippen LogP contribution in [-0.2, 0) is 6.42 Å². The molecule has 0 spiro atoms. The number of hydrogen-bond acceptors (Lipinski definition) is 5. The molecule has 44 heavy (non-hydrogen) atoms. The lowest BCUT2D eigenvalue weighted by Gasteiger charge is -2.33. The number of aryl methyl sites for hydroxylation is 1. The molecule has 1 heterocycles. The summed E-state index contributed by atoms with van der Waals surface area (Å²) in [6, 6.07) is 26.5. The monoisotopic (exact) mass is 603 g/mol. The van der Waals surface area contributed by atoms with Gasteiger partial charge in [-0.3, -0.25) is 0 Å². The van der Waals surface area contributed by atoms with Gasteiger partial charge in [-0.05, 0) is 98.9 Å². The predicted molar refractivity (Wildman–Crippen MR) is 166 cm³/mol. The number of ether oxygens (including phenoxy) is 2. The van der Waals surface area contributed by atoms with Gasteiger partial charge in [0.25, 0.3) is 0 Å². The smallest absolute Gasteiger partial charge is 0.417 e. The third kappa shape index (κ3) is 7.74. The van der Waals surface area contributed by atoms with Crippen molar-refractivity contribution in [1.82, 2.24) is 4.90 Å². The third-order valence-electron chi connectivity index (χ3n) is 7.71. The number of benzene rings is 4. The average Bonchev–Trinajstić information content (AvgIpc) is 3.01. The van der Waals surface area contributed by atoms with Gasteiger partial charge in [-0.1, -0.05) is 54.6 Å².